The van der Waals surface area contributed by atoms with Crippen LogP contribution in [0, 0.1) is 0 Å². The lowest BCUT2D eigenvalue weighted by atomic mass is 9.75. The molecular formula is C23H20F3N5O3. The number of hydrogen-bond acceptors (Lipinski definition) is 5. The molecule has 0 spiro atoms. The highest BCUT2D eigenvalue weighted by Crippen LogP contribution is 2.37. The number of aromatic nitrogens is 5. The molecule has 0 atom stereocenters. The molecule has 0 bridgehead atoms. The summed E-state index contributed by atoms with van der Waals surface area (Å²) in [6.45, 7) is 2.04. The summed E-state index contributed by atoms with van der Waals surface area (Å²) in [5, 5.41) is 8.07. The lowest BCUT2D eigenvalue weighted by Crippen LogP contribution is -2.49. The van der Waals surface area contributed by atoms with Gasteiger partial charge in [0.15, 0.2) is 5.78 Å². The fourth-order valence-corrected chi connectivity index (χ4v) is 4.27. The summed E-state index contributed by atoms with van der Waals surface area (Å²) in [7, 11) is 1.85. The van der Waals surface area contributed by atoms with E-state index in [1.54, 1.807) is 24.5 Å². The number of ketones is 1. The van der Waals surface area contributed by atoms with E-state index in [4.69, 9.17) is 4.74 Å². The molecule has 0 radical (unpaired) electrons. The predicted molar refractivity (Wildman–Crippen MR) is 115 cm³/mol. The second kappa shape index (κ2) is 7.66. The smallest absolute Gasteiger partial charge is 0.379 e. The van der Waals surface area contributed by atoms with Crippen molar-refractivity contribution in [3.8, 4) is 5.69 Å². The Hall–Kier alpha value is -3.73. The van der Waals surface area contributed by atoms with E-state index in [1.807, 2.05) is 17.7 Å². The van der Waals surface area contributed by atoms with Gasteiger partial charge in [-0.25, -0.2) is 4.79 Å². The number of halogens is 3. The van der Waals surface area contributed by atoms with E-state index < -0.39 is 28.6 Å². The monoisotopic (exact) mass is 471 g/mol. The first-order valence-corrected chi connectivity index (χ1v) is 10.5. The van der Waals surface area contributed by atoms with Gasteiger partial charge in [0.25, 0.3) is 0 Å². The molecule has 0 saturated carbocycles. The average molecular weight is 471 g/mol. The highest BCUT2D eigenvalue weighted by atomic mass is 19.4. The van der Waals surface area contributed by atoms with Crippen LogP contribution in [0.25, 0.3) is 11.2 Å². The Labute approximate surface area is 191 Å². The number of benzene rings is 1. The molecule has 1 aliphatic heterocycles. The van der Waals surface area contributed by atoms with Crippen LogP contribution in [0.4, 0.5) is 13.2 Å². The van der Waals surface area contributed by atoms with Gasteiger partial charge >= 0.3 is 11.9 Å². The number of carbonyl (C=O) groups excluding carboxylic acids is 1. The molecule has 8 nitrogen and oxygen atoms in total. The molecule has 0 amide bonds. The maximum absolute atomic E-state index is 13.7. The molecule has 0 N–H and O–H groups in total. The Morgan fingerprint density at radius 2 is 1.97 bits per heavy atom. The maximum Gasteiger partial charge on any atom is 0.418 e. The minimum Gasteiger partial charge on any atom is -0.379 e. The Morgan fingerprint density at radius 3 is 2.56 bits per heavy atom. The molecule has 1 fully saturated rings. The Kier molecular flexibility index (Phi) is 4.97. The number of aryl methyl sites for hydroxylation is 1. The first-order valence-electron chi connectivity index (χ1n) is 10.5. The molecule has 1 aromatic carbocycles. The van der Waals surface area contributed by atoms with E-state index >= 15 is 0 Å². The van der Waals surface area contributed by atoms with Crippen molar-refractivity contribution in [3.63, 3.8) is 0 Å². The second-order valence-corrected chi connectivity index (χ2v) is 8.59. The normalized spacial score (nSPS) is 15.4. The van der Waals surface area contributed by atoms with Crippen LogP contribution in [0.15, 0.2) is 53.8 Å². The van der Waals surface area contributed by atoms with E-state index in [9.17, 15) is 22.8 Å². The molecule has 1 saturated heterocycles. The van der Waals surface area contributed by atoms with Gasteiger partial charge in [0, 0.05) is 36.8 Å². The fourth-order valence-electron chi connectivity index (χ4n) is 4.27. The lowest BCUT2D eigenvalue weighted by molar-refractivity contribution is -0.136. The predicted octanol–water partition coefficient (Wildman–Crippen LogP) is 2.95. The number of Topliss-reactive ketones (excluding diaryl/α,β-unsaturated/α-hetero) is 1. The summed E-state index contributed by atoms with van der Waals surface area (Å²) < 4.78 is 50.5. The first-order chi connectivity index (χ1) is 16.1. The van der Waals surface area contributed by atoms with Crippen molar-refractivity contribution in [3.05, 3.63) is 82.1 Å². The van der Waals surface area contributed by atoms with E-state index in [-0.39, 0.29) is 11.1 Å². The van der Waals surface area contributed by atoms with Crippen LogP contribution in [0.1, 0.15) is 34.2 Å². The molecule has 4 heterocycles. The Morgan fingerprint density at radius 1 is 1.21 bits per heavy atom. The number of fused-ring (bicyclic) bond motifs is 1. The van der Waals surface area contributed by atoms with Crippen molar-refractivity contribution >= 4 is 11.3 Å². The number of imidazole rings is 1. The van der Waals surface area contributed by atoms with Crippen LogP contribution < -0.4 is 5.69 Å². The molecule has 0 unspecified atom stereocenters. The third-order valence-corrected chi connectivity index (χ3v) is 6.27. The minimum absolute atomic E-state index is 0.192. The largest absolute Gasteiger partial charge is 0.418 e. The molecule has 5 rings (SSSR count). The summed E-state index contributed by atoms with van der Waals surface area (Å²) in [5.74, 6) is 0.205. The summed E-state index contributed by atoms with van der Waals surface area (Å²) in [5.41, 5.74) is -1.36. The van der Waals surface area contributed by atoms with Crippen molar-refractivity contribution in [1.29, 1.82) is 0 Å². The van der Waals surface area contributed by atoms with E-state index in [1.165, 1.54) is 0 Å². The third kappa shape index (κ3) is 3.52. The van der Waals surface area contributed by atoms with E-state index in [0.717, 1.165) is 45.7 Å². The quantitative estimate of drug-likeness (QED) is 0.418. The Balaban J connectivity index is 1.63. The molecule has 4 aromatic rings. The van der Waals surface area contributed by atoms with Crippen LogP contribution in [0.5, 0.6) is 0 Å². The van der Waals surface area contributed by atoms with Gasteiger partial charge in [-0.05, 0) is 30.7 Å². The number of hydrogen-bond donors (Lipinski definition) is 0. The van der Waals surface area contributed by atoms with Gasteiger partial charge in [0.1, 0.15) is 12.2 Å². The van der Waals surface area contributed by atoms with Crippen molar-refractivity contribution in [2.24, 2.45) is 7.05 Å². The molecule has 176 valence electrons. The number of pyridine rings is 1. The summed E-state index contributed by atoms with van der Waals surface area (Å²) in [6, 6.07) is 7.86. The summed E-state index contributed by atoms with van der Waals surface area (Å²) >= 11 is 0. The van der Waals surface area contributed by atoms with Gasteiger partial charge < -0.3 is 9.30 Å². The van der Waals surface area contributed by atoms with E-state index in [2.05, 4.69) is 10.2 Å². The highest BCUT2D eigenvalue weighted by molar-refractivity contribution is 5.94. The minimum atomic E-state index is -4.74. The van der Waals surface area contributed by atoms with Gasteiger partial charge in [-0.3, -0.25) is 13.8 Å². The summed E-state index contributed by atoms with van der Waals surface area (Å²) in [4.78, 5) is 24.9. The van der Waals surface area contributed by atoms with Crippen LogP contribution in [-0.2, 0) is 29.8 Å². The summed E-state index contributed by atoms with van der Waals surface area (Å²) in [6.07, 6.45) is -0.273. The standard InChI is InChI=1S/C23H20F3N5O3/c1-14(32)15-6-18(23(24,25)26)19-10-30(21(33)31(19)9-15)17-5-3-4-16(7-17)22(11-34-12-22)8-20-28-27-13-29(20)2/h3-7,9-10,13H,8,11-12H2,1-2H3. The number of ether oxygens (including phenoxy) is 1. The van der Waals surface area contributed by atoms with Gasteiger partial charge in [0.05, 0.1) is 30.0 Å². The Bertz CT molecular complexity index is 1480. The topological polar surface area (TPSA) is 83.4 Å². The van der Waals surface area contributed by atoms with Gasteiger partial charge in [-0.2, -0.15) is 13.2 Å². The van der Waals surface area contributed by atoms with Gasteiger partial charge in [-0.15, -0.1) is 10.2 Å². The zero-order valence-electron chi connectivity index (χ0n) is 18.3. The van der Waals surface area contributed by atoms with E-state index in [0.29, 0.717) is 25.3 Å². The zero-order chi connectivity index (χ0) is 24.3. The van der Waals surface area contributed by atoms with Crippen molar-refractivity contribution < 1.29 is 22.7 Å². The fraction of sp³-hybridized carbons (Fsp3) is 0.304. The first kappa shape index (κ1) is 22.1. The van der Waals surface area contributed by atoms with Gasteiger partial charge in [-0.1, -0.05) is 12.1 Å². The highest BCUT2D eigenvalue weighted by Gasteiger charge is 2.42. The molecule has 11 heteroatoms. The van der Waals surface area contributed by atoms with Crippen molar-refractivity contribution in [2.45, 2.75) is 24.9 Å². The van der Waals surface area contributed by atoms with Crippen molar-refractivity contribution in [2.75, 3.05) is 13.2 Å². The van der Waals surface area contributed by atoms with Crippen LogP contribution in [0.2, 0.25) is 0 Å². The second-order valence-electron chi connectivity index (χ2n) is 8.59. The number of alkyl halides is 3. The molecule has 0 aliphatic carbocycles. The van der Waals surface area contributed by atoms with Crippen LogP contribution >= 0.6 is 0 Å². The molecule has 1 aliphatic rings. The number of carbonyl (C=O) groups is 1. The van der Waals surface area contributed by atoms with Gasteiger partial charge in [0.2, 0.25) is 0 Å². The third-order valence-electron chi connectivity index (χ3n) is 6.27. The molecular weight excluding hydrogens is 451 g/mol. The zero-order valence-corrected chi connectivity index (χ0v) is 18.3. The number of rotatable bonds is 5. The molecule has 34 heavy (non-hydrogen) atoms. The van der Waals surface area contributed by atoms with Crippen LogP contribution in [0.3, 0.4) is 0 Å². The lowest BCUT2D eigenvalue weighted by Gasteiger charge is -2.41. The average Bonchev–Trinajstić information content (AvgIpc) is 3.32. The maximum atomic E-state index is 13.7. The van der Waals surface area contributed by atoms with Crippen molar-refractivity contribution in [1.82, 2.24) is 23.7 Å². The molecule has 3 aromatic heterocycles. The SMILES string of the molecule is CC(=O)c1cc(C(F)(F)F)c2cn(-c3cccc(C4(Cc5nncn5C)COC4)c3)c(=O)n2c1. The van der Waals surface area contributed by atoms with Crippen LogP contribution in [-0.4, -0.2) is 42.7 Å². The number of nitrogens with zero attached hydrogens (tertiary/aromatic N) is 5.